The Morgan fingerprint density at radius 2 is 1.78 bits per heavy atom. The van der Waals surface area contributed by atoms with E-state index in [0.29, 0.717) is 0 Å². The predicted octanol–water partition coefficient (Wildman–Crippen LogP) is 2.87. The number of ether oxygens (including phenoxy) is 3. The molecular weight excluding hydrogens is 380 g/mol. The van der Waals surface area contributed by atoms with Gasteiger partial charge in [0.25, 0.3) is 5.79 Å². The molecule has 0 bridgehead atoms. The Balaban J connectivity index is 2.34. The summed E-state index contributed by atoms with van der Waals surface area (Å²) in [4.78, 5) is 23.6. The van der Waals surface area contributed by atoms with Gasteiger partial charge >= 0.3 is 11.9 Å². The second-order valence-corrected chi connectivity index (χ2v) is 5.80. The summed E-state index contributed by atoms with van der Waals surface area (Å²) >= 11 is 2.85. The van der Waals surface area contributed by atoms with E-state index in [1.807, 2.05) is 0 Å². The van der Waals surface area contributed by atoms with Crippen molar-refractivity contribution in [3.63, 3.8) is 0 Å². The molecule has 0 saturated carbocycles. The van der Waals surface area contributed by atoms with Crippen LogP contribution in [0, 0.1) is 11.6 Å². The number of hydrogen-bond acceptors (Lipinski definition) is 6. The molecule has 1 saturated heterocycles. The summed E-state index contributed by atoms with van der Waals surface area (Å²) in [6.07, 6.45) is 0.974. The molecule has 6 nitrogen and oxygen atoms in total. The molecule has 1 aromatic rings. The minimum atomic E-state index is -1.37. The van der Waals surface area contributed by atoms with Gasteiger partial charge in [0.15, 0.2) is 17.1 Å². The number of rotatable bonds is 3. The number of hydrogen-bond donors (Lipinski definition) is 1. The topological polar surface area (TPSA) is 73.9 Å². The number of methoxy groups -OCH3 is 1. The highest BCUT2D eigenvalue weighted by Gasteiger charge is 2.39. The third-order valence-corrected chi connectivity index (χ3v) is 3.39. The van der Waals surface area contributed by atoms with Crippen LogP contribution in [-0.4, -0.2) is 24.8 Å². The molecule has 0 radical (unpaired) electrons. The average molecular weight is 392 g/mol. The van der Waals surface area contributed by atoms with Gasteiger partial charge in [-0.3, -0.25) is 0 Å². The van der Waals surface area contributed by atoms with E-state index >= 15 is 0 Å². The summed E-state index contributed by atoms with van der Waals surface area (Å²) in [6.45, 7) is 2.81. The first kappa shape index (κ1) is 17.2. The number of halogens is 3. The van der Waals surface area contributed by atoms with Gasteiger partial charge < -0.3 is 19.5 Å². The normalized spacial score (nSPS) is 16.5. The highest BCUT2D eigenvalue weighted by molar-refractivity contribution is 9.10. The molecule has 0 aromatic heterocycles. The van der Waals surface area contributed by atoms with E-state index in [-0.39, 0.29) is 10.2 Å². The maximum atomic E-state index is 13.8. The second kappa shape index (κ2) is 6.15. The van der Waals surface area contributed by atoms with Crippen molar-refractivity contribution in [2.24, 2.45) is 0 Å². The Morgan fingerprint density at radius 1 is 1.22 bits per heavy atom. The molecule has 1 N–H and O–H groups in total. The molecule has 1 aliphatic heterocycles. The van der Waals surface area contributed by atoms with E-state index in [9.17, 15) is 18.4 Å². The van der Waals surface area contributed by atoms with E-state index in [2.05, 4.69) is 21.2 Å². The van der Waals surface area contributed by atoms with Crippen molar-refractivity contribution in [1.29, 1.82) is 0 Å². The molecule has 1 fully saturated rings. The lowest BCUT2D eigenvalue weighted by atomic mass is 10.2. The van der Waals surface area contributed by atoms with E-state index in [0.717, 1.165) is 13.3 Å². The maximum Gasteiger partial charge on any atom is 0.350 e. The van der Waals surface area contributed by atoms with Crippen LogP contribution in [0.5, 0.6) is 5.75 Å². The lowest BCUT2D eigenvalue weighted by molar-refractivity contribution is -0.222. The molecule has 1 aromatic carbocycles. The Kier molecular flexibility index (Phi) is 4.60. The minimum Gasteiger partial charge on any atom is -0.491 e. The Bertz CT molecular complexity index is 696. The largest absolute Gasteiger partial charge is 0.491 e. The summed E-state index contributed by atoms with van der Waals surface area (Å²) in [5.74, 6) is -5.94. The molecule has 0 spiro atoms. The van der Waals surface area contributed by atoms with Crippen molar-refractivity contribution in [3.8, 4) is 5.75 Å². The van der Waals surface area contributed by atoms with Crippen molar-refractivity contribution in [1.82, 2.24) is 0 Å². The molecule has 2 rings (SSSR count). The number of carbonyl (C=O) groups is 2. The third kappa shape index (κ3) is 3.44. The summed E-state index contributed by atoms with van der Waals surface area (Å²) < 4.78 is 41.7. The zero-order valence-electron chi connectivity index (χ0n) is 12.3. The van der Waals surface area contributed by atoms with Gasteiger partial charge in [-0.05, 0) is 22.0 Å². The summed E-state index contributed by atoms with van der Waals surface area (Å²) in [6, 6.07) is 1.19. The van der Waals surface area contributed by atoms with Crippen LogP contribution >= 0.6 is 15.9 Å². The molecule has 1 aliphatic rings. The predicted molar refractivity (Wildman–Crippen MR) is 78.6 cm³/mol. The first-order chi connectivity index (χ1) is 10.7. The van der Waals surface area contributed by atoms with Crippen molar-refractivity contribution in [3.05, 3.63) is 33.9 Å². The van der Waals surface area contributed by atoms with E-state index < -0.39 is 40.7 Å². The summed E-state index contributed by atoms with van der Waals surface area (Å²) in [5, 5.41) is 2.51. The first-order valence-electron chi connectivity index (χ1n) is 6.31. The smallest absolute Gasteiger partial charge is 0.350 e. The summed E-state index contributed by atoms with van der Waals surface area (Å²) in [5.41, 5.74) is -0.427. The van der Waals surface area contributed by atoms with Crippen molar-refractivity contribution in [2.45, 2.75) is 19.6 Å². The fourth-order valence-electron chi connectivity index (χ4n) is 1.81. The lowest BCUT2D eigenvalue weighted by Gasteiger charge is -2.29. The monoisotopic (exact) mass is 391 g/mol. The van der Waals surface area contributed by atoms with Gasteiger partial charge in [-0.1, -0.05) is 0 Å². The number of cyclic esters (lactones) is 2. The van der Waals surface area contributed by atoms with E-state index in [4.69, 9.17) is 14.2 Å². The van der Waals surface area contributed by atoms with Gasteiger partial charge in [0.1, 0.15) is 0 Å². The van der Waals surface area contributed by atoms with Crippen molar-refractivity contribution >= 4 is 33.6 Å². The fourth-order valence-corrected chi connectivity index (χ4v) is 2.22. The quantitative estimate of drug-likeness (QED) is 0.369. The van der Waals surface area contributed by atoms with Gasteiger partial charge in [-0.25, -0.2) is 14.0 Å². The molecule has 0 atom stereocenters. The molecule has 124 valence electrons. The second-order valence-electron chi connectivity index (χ2n) is 4.95. The van der Waals surface area contributed by atoms with Crippen LogP contribution in [0.15, 0.2) is 22.3 Å². The molecule has 9 heteroatoms. The van der Waals surface area contributed by atoms with Gasteiger partial charge in [-0.2, -0.15) is 4.39 Å². The molecular formula is C14H12BrF2NO5. The highest BCUT2D eigenvalue weighted by atomic mass is 79.9. The van der Waals surface area contributed by atoms with Crippen molar-refractivity contribution in [2.75, 3.05) is 12.4 Å². The first-order valence-corrected chi connectivity index (χ1v) is 7.10. The van der Waals surface area contributed by atoms with Crippen LogP contribution in [0.25, 0.3) is 0 Å². The van der Waals surface area contributed by atoms with Crippen LogP contribution in [0.4, 0.5) is 14.5 Å². The van der Waals surface area contributed by atoms with Gasteiger partial charge in [0.2, 0.25) is 5.82 Å². The Morgan fingerprint density at radius 3 is 2.30 bits per heavy atom. The maximum absolute atomic E-state index is 13.8. The minimum absolute atomic E-state index is 0.00351. The van der Waals surface area contributed by atoms with Gasteiger partial charge in [0.05, 0.1) is 17.3 Å². The van der Waals surface area contributed by atoms with Crippen molar-refractivity contribution < 1.29 is 32.6 Å². The number of esters is 2. The van der Waals surface area contributed by atoms with E-state index in [1.165, 1.54) is 19.9 Å². The molecule has 0 amide bonds. The molecule has 0 unspecified atom stereocenters. The van der Waals surface area contributed by atoms with Crippen LogP contribution in [0.3, 0.4) is 0 Å². The number of carbonyl (C=O) groups excluding carboxylic acids is 2. The zero-order valence-corrected chi connectivity index (χ0v) is 13.9. The Hall–Kier alpha value is -2.16. The van der Waals surface area contributed by atoms with Gasteiger partial charge in [0, 0.05) is 20.0 Å². The highest BCUT2D eigenvalue weighted by Crippen LogP contribution is 2.34. The average Bonchev–Trinajstić information content (AvgIpc) is 2.43. The Labute approximate surface area is 138 Å². The standard InChI is InChI=1S/C14H12BrF2NO5/c1-14(2)22-12(19)6(13(20)23-14)5-18-8-4-7(15)9(16)10(17)11(8)21-3/h4-5,18H,1-3H3. The summed E-state index contributed by atoms with van der Waals surface area (Å²) in [7, 11) is 1.15. The van der Waals surface area contributed by atoms with Crippen LogP contribution < -0.4 is 10.1 Å². The lowest BCUT2D eigenvalue weighted by Crippen LogP contribution is -2.42. The number of benzene rings is 1. The fraction of sp³-hybridized carbons (Fsp3) is 0.286. The molecule has 0 aliphatic carbocycles. The van der Waals surface area contributed by atoms with Crippen LogP contribution in [0.1, 0.15) is 13.8 Å². The SMILES string of the molecule is COc1c(NC=C2C(=O)OC(C)(C)OC2=O)cc(Br)c(F)c1F. The third-order valence-electron chi connectivity index (χ3n) is 2.81. The van der Waals surface area contributed by atoms with Crippen LogP contribution in [-0.2, 0) is 19.1 Å². The number of nitrogens with one attached hydrogen (secondary N) is 1. The van der Waals surface area contributed by atoms with Crippen LogP contribution in [0.2, 0.25) is 0 Å². The van der Waals surface area contributed by atoms with Gasteiger partial charge in [-0.15, -0.1) is 0 Å². The molecule has 1 heterocycles. The zero-order chi connectivity index (χ0) is 17.4. The molecule has 23 heavy (non-hydrogen) atoms. The van der Waals surface area contributed by atoms with E-state index in [1.54, 1.807) is 0 Å². The number of anilines is 1.